The largest absolute Gasteiger partial charge is 0.444 e. The van der Waals surface area contributed by atoms with Crippen LogP contribution in [-0.2, 0) is 16.0 Å². The van der Waals surface area contributed by atoms with Crippen molar-refractivity contribution < 1.29 is 27.5 Å². The SMILES string of the molecule is C=C/C(F)=C(/F)c1[nH]c(=O)c2cc(CC(C#N)NC(=O)[C@@H]3[C@H]4CC[C@H](C4)N3C(=O)OC(C)(C)C)c(F)cc2c1C. The first-order valence-electron chi connectivity index (χ1n) is 13.0. The Balaban J connectivity index is 1.59. The van der Waals surface area contributed by atoms with Crippen molar-refractivity contribution >= 4 is 28.6 Å². The molecule has 0 spiro atoms. The Morgan fingerprint density at radius 1 is 1.30 bits per heavy atom. The summed E-state index contributed by atoms with van der Waals surface area (Å²) in [5.41, 5.74) is -1.87. The van der Waals surface area contributed by atoms with Crippen LogP contribution in [0.1, 0.15) is 56.9 Å². The Kier molecular flexibility index (Phi) is 7.83. The van der Waals surface area contributed by atoms with Gasteiger partial charge in [0.2, 0.25) is 5.91 Å². The van der Waals surface area contributed by atoms with Crippen LogP contribution < -0.4 is 10.9 Å². The second-order valence-corrected chi connectivity index (χ2v) is 11.3. The molecule has 4 atom stereocenters. The summed E-state index contributed by atoms with van der Waals surface area (Å²) >= 11 is 0. The van der Waals surface area contributed by atoms with Crippen LogP contribution in [-0.4, -0.2) is 45.6 Å². The number of amides is 2. The third-order valence-electron chi connectivity index (χ3n) is 7.41. The molecule has 212 valence electrons. The standard InChI is InChI=1S/C29H31F3N4O4/c1-6-21(30)23(32)24-14(2)19-12-22(31)16(11-20(19)26(37)35-24)9-17(13-33)34-27(38)25-15-7-8-18(10-15)36(25)28(39)40-29(3,4)5/h6,11-12,15,17-18,25H,1,7-10H2,2-5H3,(H,34,38)(H,35,37)/b23-21-/t15-,17?,18+,25-/m0/s1. The van der Waals surface area contributed by atoms with Crippen LogP contribution in [0.3, 0.4) is 0 Å². The molecule has 2 bridgehead atoms. The second kappa shape index (κ2) is 10.8. The van der Waals surface area contributed by atoms with E-state index in [-0.39, 0.29) is 40.3 Å². The molecular weight excluding hydrogens is 525 g/mol. The van der Waals surface area contributed by atoms with Gasteiger partial charge in [-0.2, -0.15) is 5.26 Å². The highest BCUT2D eigenvalue weighted by Gasteiger charge is 2.52. The number of carbonyl (C=O) groups is 2. The molecule has 1 aliphatic carbocycles. The Bertz CT molecular complexity index is 1520. The Morgan fingerprint density at radius 2 is 2.00 bits per heavy atom. The van der Waals surface area contributed by atoms with Crippen molar-refractivity contribution in [3.8, 4) is 6.07 Å². The van der Waals surface area contributed by atoms with E-state index < -0.39 is 58.4 Å². The third kappa shape index (κ3) is 5.48. The van der Waals surface area contributed by atoms with Crippen molar-refractivity contribution in [1.29, 1.82) is 5.26 Å². The summed E-state index contributed by atoms with van der Waals surface area (Å²) in [4.78, 5) is 42.6. The summed E-state index contributed by atoms with van der Waals surface area (Å²) in [6.45, 7) is 9.77. The number of aromatic amines is 1. The zero-order chi connectivity index (χ0) is 29.5. The highest BCUT2D eigenvalue weighted by molar-refractivity contribution is 5.89. The van der Waals surface area contributed by atoms with E-state index in [2.05, 4.69) is 16.9 Å². The normalized spacial score (nSPS) is 21.6. The van der Waals surface area contributed by atoms with E-state index in [9.17, 15) is 28.4 Å². The van der Waals surface area contributed by atoms with Crippen LogP contribution in [0.15, 0.2) is 35.4 Å². The number of nitriles is 1. The van der Waals surface area contributed by atoms with Crippen molar-refractivity contribution in [1.82, 2.24) is 15.2 Å². The number of rotatable bonds is 6. The van der Waals surface area contributed by atoms with Gasteiger partial charge in [0.1, 0.15) is 23.5 Å². The molecule has 2 aliphatic rings. The minimum absolute atomic E-state index is 0.0108. The Morgan fingerprint density at radius 3 is 2.62 bits per heavy atom. The predicted octanol–water partition coefficient (Wildman–Crippen LogP) is 5.11. The number of likely N-dealkylation sites (tertiary alicyclic amines) is 1. The highest BCUT2D eigenvalue weighted by atomic mass is 19.2. The number of hydrogen-bond acceptors (Lipinski definition) is 5. The number of hydrogen-bond donors (Lipinski definition) is 2. The lowest BCUT2D eigenvalue weighted by atomic mass is 9.96. The lowest BCUT2D eigenvalue weighted by Crippen LogP contribution is -2.55. The number of H-pyrrole nitrogens is 1. The summed E-state index contributed by atoms with van der Waals surface area (Å²) in [7, 11) is 0. The molecule has 4 rings (SSSR count). The van der Waals surface area contributed by atoms with E-state index >= 15 is 4.39 Å². The van der Waals surface area contributed by atoms with Crippen LogP contribution in [0.25, 0.3) is 16.6 Å². The molecule has 8 nitrogen and oxygen atoms in total. The van der Waals surface area contributed by atoms with Gasteiger partial charge in [0, 0.05) is 17.8 Å². The fourth-order valence-corrected chi connectivity index (χ4v) is 5.62. The van der Waals surface area contributed by atoms with Crippen molar-refractivity contribution in [2.24, 2.45) is 5.92 Å². The molecule has 2 fully saturated rings. The van der Waals surface area contributed by atoms with Gasteiger partial charge in [0.15, 0.2) is 11.7 Å². The van der Waals surface area contributed by atoms with E-state index in [0.717, 1.165) is 18.9 Å². The first-order valence-corrected chi connectivity index (χ1v) is 13.0. The number of piperidine rings is 1. The van der Waals surface area contributed by atoms with Crippen LogP contribution in [0.5, 0.6) is 0 Å². The van der Waals surface area contributed by atoms with Gasteiger partial charge in [0.25, 0.3) is 5.56 Å². The smallest absolute Gasteiger partial charge is 0.411 e. The van der Waals surface area contributed by atoms with Gasteiger partial charge in [-0.05, 0) is 87.6 Å². The molecule has 1 saturated carbocycles. The first kappa shape index (κ1) is 28.9. The summed E-state index contributed by atoms with van der Waals surface area (Å²) in [6, 6.07) is 2.09. The number of benzene rings is 1. The maximum Gasteiger partial charge on any atom is 0.411 e. The molecule has 0 radical (unpaired) electrons. The summed E-state index contributed by atoms with van der Waals surface area (Å²) in [5, 5.41) is 12.5. The third-order valence-corrected chi connectivity index (χ3v) is 7.41. The predicted molar refractivity (Wildman–Crippen MR) is 143 cm³/mol. The molecule has 1 aromatic carbocycles. The van der Waals surface area contributed by atoms with Crippen LogP contribution in [0.4, 0.5) is 18.0 Å². The highest BCUT2D eigenvalue weighted by Crippen LogP contribution is 2.43. The molecule has 1 unspecified atom stereocenters. The van der Waals surface area contributed by atoms with Crippen LogP contribution in [0.2, 0.25) is 0 Å². The number of carbonyl (C=O) groups excluding carboxylic acids is 2. The zero-order valence-electron chi connectivity index (χ0n) is 22.7. The molecule has 2 aromatic rings. The number of fused-ring (bicyclic) bond motifs is 3. The van der Waals surface area contributed by atoms with E-state index in [1.54, 1.807) is 20.8 Å². The number of nitrogens with zero attached hydrogens (tertiary/aromatic N) is 2. The van der Waals surface area contributed by atoms with Gasteiger partial charge in [0.05, 0.1) is 11.8 Å². The lowest BCUT2D eigenvalue weighted by Gasteiger charge is -2.35. The summed E-state index contributed by atoms with van der Waals surface area (Å²) in [5.74, 6) is -4.00. The number of pyridine rings is 1. The number of aryl methyl sites for hydroxylation is 1. The van der Waals surface area contributed by atoms with Gasteiger partial charge in [-0.1, -0.05) is 6.58 Å². The minimum Gasteiger partial charge on any atom is -0.444 e. The molecule has 2 N–H and O–H groups in total. The molecule has 11 heteroatoms. The minimum atomic E-state index is -1.33. The maximum absolute atomic E-state index is 15.2. The summed E-state index contributed by atoms with van der Waals surface area (Å²) in [6.07, 6.45) is 1.96. The number of nitrogens with one attached hydrogen (secondary N) is 2. The van der Waals surface area contributed by atoms with E-state index in [1.165, 1.54) is 17.9 Å². The van der Waals surface area contributed by atoms with Gasteiger partial charge in [-0.3, -0.25) is 14.5 Å². The maximum atomic E-state index is 15.2. The van der Waals surface area contributed by atoms with Crippen molar-refractivity contribution in [3.63, 3.8) is 0 Å². The second-order valence-electron chi connectivity index (χ2n) is 11.3. The Hall–Kier alpha value is -4.07. The number of allylic oxidation sites excluding steroid dienone is 2. The quantitative estimate of drug-likeness (QED) is 0.480. The average molecular weight is 557 g/mol. The van der Waals surface area contributed by atoms with Gasteiger partial charge in [-0.15, -0.1) is 0 Å². The van der Waals surface area contributed by atoms with Crippen molar-refractivity contribution in [3.05, 3.63) is 63.6 Å². The van der Waals surface area contributed by atoms with E-state index in [1.807, 2.05) is 6.07 Å². The lowest BCUT2D eigenvalue weighted by molar-refractivity contribution is -0.128. The molecule has 40 heavy (non-hydrogen) atoms. The van der Waals surface area contributed by atoms with Crippen molar-refractivity contribution in [2.45, 2.75) is 77.1 Å². The van der Waals surface area contributed by atoms with Crippen molar-refractivity contribution in [2.75, 3.05) is 0 Å². The average Bonchev–Trinajstić information content (AvgIpc) is 3.51. The van der Waals surface area contributed by atoms with E-state index in [0.29, 0.717) is 12.5 Å². The first-order chi connectivity index (χ1) is 18.7. The van der Waals surface area contributed by atoms with E-state index in [4.69, 9.17) is 4.74 Å². The zero-order valence-corrected chi connectivity index (χ0v) is 22.7. The molecule has 1 aliphatic heterocycles. The van der Waals surface area contributed by atoms with Gasteiger partial charge < -0.3 is 15.0 Å². The number of ether oxygens (including phenoxy) is 1. The topological polar surface area (TPSA) is 115 Å². The van der Waals surface area contributed by atoms with Gasteiger partial charge in [-0.25, -0.2) is 18.0 Å². The fourth-order valence-electron chi connectivity index (χ4n) is 5.62. The Labute approximate surface area is 229 Å². The monoisotopic (exact) mass is 556 g/mol. The molecular formula is C29H31F3N4O4. The van der Waals surface area contributed by atoms with Crippen LogP contribution >= 0.6 is 0 Å². The molecule has 2 heterocycles. The van der Waals surface area contributed by atoms with Gasteiger partial charge >= 0.3 is 6.09 Å². The van der Waals surface area contributed by atoms with Crippen LogP contribution in [0, 0.1) is 30.0 Å². The molecule has 1 saturated heterocycles. The molecule has 2 amide bonds. The molecule has 1 aromatic heterocycles. The number of aromatic nitrogens is 1. The fraction of sp³-hybridized carbons (Fsp3) is 0.448. The summed E-state index contributed by atoms with van der Waals surface area (Å²) < 4.78 is 48.9. The number of halogens is 3.